The highest BCUT2D eigenvalue weighted by Crippen LogP contribution is 2.07. The lowest BCUT2D eigenvalue weighted by Crippen LogP contribution is -2.30. The van der Waals surface area contributed by atoms with E-state index in [-0.39, 0.29) is 6.10 Å². The number of hydrogen-bond donors (Lipinski definition) is 0. The van der Waals surface area contributed by atoms with Crippen LogP contribution in [0, 0.1) is 23.7 Å². The fourth-order valence-corrected chi connectivity index (χ4v) is 2.76. The Balaban J connectivity index is 3.88. The monoisotopic (exact) mass is 316 g/mol. The van der Waals surface area contributed by atoms with E-state index in [0.717, 1.165) is 6.42 Å². The largest absolute Gasteiger partial charge is 0.401 e. The van der Waals surface area contributed by atoms with Gasteiger partial charge in [0.1, 0.15) is 6.10 Å². The predicted molar refractivity (Wildman–Crippen MR) is 101 cm³/mol. The highest BCUT2D eigenvalue weighted by atomic mass is 28.4. The molecule has 122 valence electrons. The maximum Gasteiger partial charge on any atom is 0.185 e. The van der Waals surface area contributed by atoms with Gasteiger partial charge >= 0.3 is 0 Å². The summed E-state index contributed by atoms with van der Waals surface area (Å²) in [6, 6.07) is 0. The van der Waals surface area contributed by atoms with E-state index in [2.05, 4.69) is 69.0 Å². The van der Waals surface area contributed by atoms with E-state index < -0.39 is 8.32 Å². The Morgan fingerprint density at radius 2 is 1.77 bits per heavy atom. The Labute approximate surface area is 139 Å². The van der Waals surface area contributed by atoms with Crippen molar-refractivity contribution in [2.24, 2.45) is 0 Å². The van der Waals surface area contributed by atoms with Crippen LogP contribution in [0.3, 0.4) is 0 Å². The van der Waals surface area contributed by atoms with Crippen molar-refractivity contribution in [2.45, 2.75) is 77.6 Å². The summed E-state index contributed by atoms with van der Waals surface area (Å²) < 4.78 is 5.85. The van der Waals surface area contributed by atoms with Crippen molar-refractivity contribution < 1.29 is 4.43 Å². The van der Waals surface area contributed by atoms with E-state index in [1.807, 2.05) is 0 Å². The summed E-state index contributed by atoms with van der Waals surface area (Å²) in [5.74, 6) is 11.8. The van der Waals surface area contributed by atoms with E-state index in [4.69, 9.17) is 4.43 Å². The molecule has 0 aliphatic carbocycles. The fourth-order valence-electron chi connectivity index (χ4n) is 1.85. The van der Waals surface area contributed by atoms with Crippen LogP contribution >= 0.6 is 0 Å². The Hall–Kier alpha value is -1.22. The van der Waals surface area contributed by atoms with Crippen molar-refractivity contribution in [3.05, 3.63) is 24.8 Å². The molecule has 0 N–H and O–H groups in total. The standard InChI is InChI=1S/C20H32OSi/c1-6-8-9-10-11-12-13-14-15-16-17-18-19-20(7-2)21-22(3,4)5/h7,13-14,20H,2,6,8-12,15H2,1,3-5H3/b14-13-. The summed E-state index contributed by atoms with van der Waals surface area (Å²) >= 11 is 0. The molecule has 1 unspecified atom stereocenters. The van der Waals surface area contributed by atoms with Crippen molar-refractivity contribution in [3.8, 4) is 23.7 Å². The Bertz CT molecular complexity index is 434. The Kier molecular flexibility index (Phi) is 12.7. The number of allylic oxidation sites excluding steroid dienone is 2. The summed E-state index contributed by atoms with van der Waals surface area (Å²) in [4.78, 5) is 0. The van der Waals surface area contributed by atoms with Gasteiger partial charge in [0, 0.05) is 6.42 Å². The van der Waals surface area contributed by atoms with Crippen LogP contribution in [-0.2, 0) is 4.43 Å². The Morgan fingerprint density at radius 1 is 1.05 bits per heavy atom. The zero-order chi connectivity index (χ0) is 16.7. The van der Waals surface area contributed by atoms with Gasteiger partial charge in [0.25, 0.3) is 0 Å². The zero-order valence-electron chi connectivity index (χ0n) is 14.9. The molecule has 0 aromatic rings. The van der Waals surface area contributed by atoms with Gasteiger partial charge in [-0.15, -0.1) is 0 Å². The molecule has 0 saturated carbocycles. The van der Waals surface area contributed by atoms with Gasteiger partial charge in [-0.3, -0.25) is 0 Å². The van der Waals surface area contributed by atoms with Gasteiger partial charge in [-0.1, -0.05) is 69.3 Å². The molecular formula is C20H32OSi. The minimum atomic E-state index is -1.58. The van der Waals surface area contributed by atoms with Crippen LogP contribution < -0.4 is 0 Å². The molecule has 0 heterocycles. The highest BCUT2D eigenvalue weighted by Gasteiger charge is 2.17. The molecule has 0 radical (unpaired) electrons. The maximum atomic E-state index is 5.85. The molecule has 0 spiro atoms. The molecule has 0 rings (SSSR count). The van der Waals surface area contributed by atoms with Crippen LogP contribution in [0.5, 0.6) is 0 Å². The molecule has 0 fully saturated rings. The molecule has 0 aromatic carbocycles. The summed E-state index contributed by atoms with van der Waals surface area (Å²) in [5, 5.41) is 0. The quantitative estimate of drug-likeness (QED) is 0.217. The highest BCUT2D eigenvalue weighted by molar-refractivity contribution is 6.69. The van der Waals surface area contributed by atoms with E-state index in [1.54, 1.807) is 6.08 Å². The second kappa shape index (κ2) is 13.4. The molecule has 0 saturated heterocycles. The summed E-state index contributed by atoms with van der Waals surface area (Å²) in [7, 11) is -1.58. The first-order chi connectivity index (χ1) is 10.5. The average Bonchev–Trinajstić information content (AvgIpc) is 2.46. The van der Waals surface area contributed by atoms with Crippen LogP contribution in [0.25, 0.3) is 0 Å². The van der Waals surface area contributed by atoms with Crippen LogP contribution in [0.1, 0.15) is 51.9 Å². The summed E-state index contributed by atoms with van der Waals surface area (Å²) in [6.07, 6.45) is 14.5. The van der Waals surface area contributed by atoms with Gasteiger partial charge in [0.15, 0.2) is 8.32 Å². The average molecular weight is 317 g/mol. The zero-order valence-corrected chi connectivity index (χ0v) is 15.9. The normalized spacial score (nSPS) is 12.2. The lowest BCUT2D eigenvalue weighted by atomic mass is 10.1. The first-order valence-corrected chi connectivity index (χ1v) is 11.8. The second-order valence-electron chi connectivity index (χ2n) is 6.34. The van der Waals surface area contributed by atoms with Crippen LogP contribution in [0.2, 0.25) is 19.6 Å². The molecular weight excluding hydrogens is 284 g/mol. The molecule has 22 heavy (non-hydrogen) atoms. The molecule has 0 aliphatic heterocycles. The predicted octanol–water partition coefficient (Wildman–Crippen LogP) is 5.71. The molecule has 2 heteroatoms. The minimum absolute atomic E-state index is 0.195. The van der Waals surface area contributed by atoms with E-state index >= 15 is 0 Å². The maximum absolute atomic E-state index is 5.85. The van der Waals surface area contributed by atoms with Gasteiger partial charge in [-0.2, -0.15) is 0 Å². The SMILES string of the molecule is C=CC(C#CC#CC/C=C\CCCCCCC)O[Si](C)(C)C. The number of hydrogen-bond acceptors (Lipinski definition) is 1. The Morgan fingerprint density at radius 3 is 2.41 bits per heavy atom. The molecule has 0 bridgehead atoms. The summed E-state index contributed by atoms with van der Waals surface area (Å²) in [6.45, 7) is 12.4. The molecule has 1 nitrogen and oxygen atoms in total. The second-order valence-corrected chi connectivity index (χ2v) is 10.8. The third-order valence-electron chi connectivity index (χ3n) is 2.92. The third-order valence-corrected chi connectivity index (χ3v) is 3.88. The van der Waals surface area contributed by atoms with Gasteiger partial charge in [0.05, 0.1) is 0 Å². The topological polar surface area (TPSA) is 9.23 Å². The van der Waals surface area contributed by atoms with Crippen LogP contribution in [0.4, 0.5) is 0 Å². The van der Waals surface area contributed by atoms with Gasteiger partial charge in [-0.05, 0) is 44.3 Å². The molecule has 0 aromatic heterocycles. The molecule has 1 atom stereocenters. The van der Waals surface area contributed by atoms with Gasteiger partial charge in [0.2, 0.25) is 0 Å². The third kappa shape index (κ3) is 15.2. The van der Waals surface area contributed by atoms with E-state index in [1.165, 1.54) is 38.5 Å². The first-order valence-electron chi connectivity index (χ1n) is 8.43. The summed E-state index contributed by atoms with van der Waals surface area (Å²) in [5.41, 5.74) is 0. The molecule has 0 amide bonds. The van der Waals surface area contributed by atoms with Gasteiger partial charge < -0.3 is 4.43 Å². The van der Waals surface area contributed by atoms with Crippen LogP contribution in [-0.4, -0.2) is 14.4 Å². The molecule has 0 aliphatic rings. The van der Waals surface area contributed by atoms with E-state index in [9.17, 15) is 0 Å². The van der Waals surface area contributed by atoms with Crippen molar-refractivity contribution in [2.75, 3.05) is 0 Å². The van der Waals surface area contributed by atoms with Crippen molar-refractivity contribution >= 4 is 8.32 Å². The minimum Gasteiger partial charge on any atom is -0.401 e. The lowest BCUT2D eigenvalue weighted by molar-refractivity contribution is 0.299. The number of rotatable bonds is 10. The van der Waals surface area contributed by atoms with E-state index in [0.29, 0.717) is 0 Å². The smallest absolute Gasteiger partial charge is 0.185 e. The number of unbranched alkanes of at least 4 members (excludes halogenated alkanes) is 5. The lowest BCUT2D eigenvalue weighted by Gasteiger charge is -2.19. The van der Waals surface area contributed by atoms with Crippen LogP contribution in [0.15, 0.2) is 24.8 Å². The van der Waals surface area contributed by atoms with Crippen molar-refractivity contribution in [1.82, 2.24) is 0 Å². The fraction of sp³-hybridized carbons (Fsp3) is 0.600. The van der Waals surface area contributed by atoms with Crippen molar-refractivity contribution in [1.29, 1.82) is 0 Å². The van der Waals surface area contributed by atoms with Gasteiger partial charge in [-0.25, -0.2) is 0 Å². The first kappa shape index (κ1) is 20.8. The van der Waals surface area contributed by atoms with Crippen molar-refractivity contribution in [3.63, 3.8) is 0 Å².